The fraction of sp³-hybridized carbons (Fsp3) is 0.167. The van der Waals surface area contributed by atoms with E-state index in [1.165, 1.54) is 12.1 Å². The molecule has 0 aliphatic carbocycles. The van der Waals surface area contributed by atoms with E-state index in [0.29, 0.717) is 28.9 Å². The molecule has 1 amide bonds. The molecule has 170 valence electrons. The molecular formula is C24H21ClFN3O4. The Balaban J connectivity index is 1.36. The normalized spacial score (nSPS) is 10.8. The molecule has 9 heteroatoms. The lowest BCUT2D eigenvalue weighted by molar-refractivity contribution is 0.0992. The molecule has 7 nitrogen and oxygen atoms in total. The van der Waals surface area contributed by atoms with Crippen molar-refractivity contribution < 1.29 is 23.1 Å². The summed E-state index contributed by atoms with van der Waals surface area (Å²) in [6, 6.07) is 16.3. The molecule has 4 rings (SSSR count). The molecule has 0 saturated carbocycles. The molecule has 1 N–H and O–H groups in total. The van der Waals surface area contributed by atoms with Crippen LogP contribution in [0.1, 0.15) is 27.6 Å². The smallest absolute Gasteiger partial charge is 0.292 e. The number of anilines is 1. The Bertz CT molecular complexity index is 1270. The fourth-order valence-corrected chi connectivity index (χ4v) is 3.35. The number of hydrogen-bond donors (Lipinski definition) is 1. The van der Waals surface area contributed by atoms with Crippen LogP contribution < -0.4 is 14.8 Å². The van der Waals surface area contributed by atoms with Gasteiger partial charge in [-0.05, 0) is 61.0 Å². The summed E-state index contributed by atoms with van der Waals surface area (Å²) in [5, 5.41) is 7.42. The number of aryl methyl sites for hydroxylation is 1. The van der Waals surface area contributed by atoms with Crippen LogP contribution in [0.15, 0.2) is 65.1 Å². The Morgan fingerprint density at radius 2 is 1.88 bits per heavy atom. The molecule has 0 aliphatic heterocycles. The molecule has 0 fully saturated rings. The summed E-state index contributed by atoms with van der Waals surface area (Å²) in [5.74, 6) is 1.55. The van der Waals surface area contributed by atoms with Crippen LogP contribution in [0.25, 0.3) is 0 Å². The Morgan fingerprint density at radius 3 is 2.61 bits per heavy atom. The monoisotopic (exact) mass is 469 g/mol. The number of nitrogens with one attached hydrogen (secondary N) is 1. The Morgan fingerprint density at radius 1 is 1.12 bits per heavy atom. The summed E-state index contributed by atoms with van der Waals surface area (Å²) in [5.41, 5.74) is 1.52. The number of aromatic nitrogens is 2. The molecular weight excluding hydrogens is 449 g/mol. The molecule has 2 aromatic carbocycles. The van der Waals surface area contributed by atoms with Crippen molar-refractivity contribution in [1.29, 1.82) is 0 Å². The first-order valence-electron chi connectivity index (χ1n) is 10.1. The molecule has 4 aromatic rings. The number of amides is 1. The zero-order valence-electron chi connectivity index (χ0n) is 18.0. The van der Waals surface area contributed by atoms with E-state index in [4.69, 9.17) is 25.5 Å². The minimum atomic E-state index is -0.435. The number of carbonyl (C=O) groups is 1. The number of nitrogens with zero attached hydrogens (tertiary/aromatic N) is 2. The van der Waals surface area contributed by atoms with E-state index in [1.54, 1.807) is 60.3 Å². The average Bonchev–Trinajstić information content (AvgIpc) is 3.41. The van der Waals surface area contributed by atoms with Crippen LogP contribution in [0.3, 0.4) is 0 Å². The zero-order valence-corrected chi connectivity index (χ0v) is 18.7. The number of halogens is 2. The molecule has 0 spiro atoms. The van der Waals surface area contributed by atoms with Crippen molar-refractivity contribution in [2.75, 3.05) is 12.4 Å². The zero-order chi connectivity index (χ0) is 23.4. The summed E-state index contributed by atoms with van der Waals surface area (Å²) >= 11 is 6.10. The van der Waals surface area contributed by atoms with Crippen molar-refractivity contribution >= 4 is 23.3 Å². The van der Waals surface area contributed by atoms with Crippen LogP contribution in [0.4, 0.5) is 10.2 Å². The van der Waals surface area contributed by atoms with E-state index in [1.807, 2.05) is 6.92 Å². The van der Waals surface area contributed by atoms with Crippen LogP contribution in [-0.4, -0.2) is 22.8 Å². The molecule has 2 heterocycles. The van der Waals surface area contributed by atoms with Gasteiger partial charge in [0, 0.05) is 16.8 Å². The van der Waals surface area contributed by atoms with Crippen molar-refractivity contribution in [2.24, 2.45) is 0 Å². The van der Waals surface area contributed by atoms with Gasteiger partial charge in [-0.1, -0.05) is 17.7 Å². The van der Waals surface area contributed by atoms with Gasteiger partial charge in [-0.2, -0.15) is 5.10 Å². The first-order chi connectivity index (χ1) is 15.9. The topological polar surface area (TPSA) is 78.5 Å². The molecule has 0 unspecified atom stereocenters. The van der Waals surface area contributed by atoms with Crippen molar-refractivity contribution in [3.63, 3.8) is 0 Å². The third kappa shape index (κ3) is 5.53. The summed E-state index contributed by atoms with van der Waals surface area (Å²) in [6.45, 7) is 2.36. The number of rotatable bonds is 8. The van der Waals surface area contributed by atoms with E-state index in [9.17, 15) is 9.18 Å². The molecule has 0 radical (unpaired) electrons. The lowest BCUT2D eigenvalue weighted by atomic mass is 10.2. The Labute approximate surface area is 194 Å². The lowest BCUT2D eigenvalue weighted by Crippen LogP contribution is -2.12. The number of carbonyl (C=O) groups excluding carboxylic acids is 1. The second-order valence-electron chi connectivity index (χ2n) is 7.25. The van der Waals surface area contributed by atoms with Crippen LogP contribution in [0.5, 0.6) is 11.5 Å². The van der Waals surface area contributed by atoms with Gasteiger partial charge >= 0.3 is 0 Å². The van der Waals surface area contributed by atoms with Gasteiger partial charge in [-0.25, -0.2) is 4.39 Å². The van der Waals surface area contributed by atoms with E-state index in [2.05, 4.69) is 10.4 Å². The van der Waals surface area contributed by atoms with Crippen molar-refractivity contribution in [2.45, 2.75) is 20.1 Å². The van der Waals surface area contributed by atoms with Gasteiger partial charge in [-0.15, -0.1) is 0 Å². The van der Waals surface area contributed by atoms with Crippen LogP contribution >= 0.6 is 11.6 Å². The van der Waals surface area contributed by atoms with E-state index >= 15 is 0 Å². The SMILES string of the molecule is COc1ccc(OCc2ccc(C(=O)Nc3cc(C)n(Cc4ccc(F)cc4Cl)n3)o2)cc1. The van der Waals surface area contributed by atoms with Gasteiger partial charge in [0.2, 0.25) is 0 Å². The fourth-order valence-electron chi connectivity index (χ4n) is 3.12. The van der Waals surface area contributed by atoms with Gasteiger partial charge in [0.05, 0.1) is 13.7 Å². The summed E-state index contributed by atoms with van der Waals surface area (Å²) in [4.78, 5) is 12.6. The van der Waals surface area contributed by atoms with Gasteiger partial charge in [-0.3, -0.25) is 9.48 Å². The average molecular weight is 470 g/mol. The van der Waals surface area contributed by atoms with Crippen molar-refractivity contribution in [1.82, 2.24) is 9.78 Å². The van der Waals surface area contributed by atoms with E-state index in [-0.39, 0.29) is 12.4 Å². The first kappa shape index (κ1) is 22.4. The third-order valence-corrected chi connectivity index (χ3v) is 5.24. The minimum Gasteiger partial charge on any atom is -0.497 e. The third-order valence-electron chi connectivity index (χ3n) is 4.88. The van der Waals surface area contributed by atoms with Gasteiger partial charge < -0.3 is 19.2 Å². The Hall–Kier alpha value is -3.78. The van der Waals surface area contributed by atoms with Gasteiger partial charge in [0.25, 0.3) is 5.91 Å². The second kappa shape index (κ2) is 9.79. The van der Waals surface area contributed by atoms with E-state index in [0.717, 1.165) is 17.0 Å². The predicted molar refractivity (Wildman–Crippen MR) is 121 cm³/mol. The highest BCUT2D eigenvalue weighted by Gasteiger charge is 2.15. The van der Waals surface area contributed by atoms with Gasteiger partial charge in [0.15, 0.2) is 11.6 Å². The maximum absolute atomic E-state index is 13.3. The first-order valence-corrected chi connectivity index (χ1v) is 10.4. The number of ether oxygens (including phenoxy) is 2. The highest BCUT2D eigenvalue weighted by molar-refractivity contribution is 6.31. The summed E-state index contributed by atoms with van der Waals surface area (Å²) < 4.78 is 31.3. The molecule has 0 aliphatic rings. The number of benzene rings is 2. The highest BCUT2D eigenvalue weighted by Crippen LogP contribution is 2.21. The molecule has 33 heavy (non-hydrogen) atoms. The largest absolute Gasteiger partial charge is 0.497 e. The van der Waals surface area contributed by atoms with Crippen molar-refractivity contribution in [3.8, 4) is 11.5 Å². The van der Waals surface area contributed by atoms with Gasteiger partial charge in [0.1, 0.15) is 29.7 Å². The predicted octanol–water partition coefficient (Wildman–Crippen LogP) is 5.47. The molecule has 0 atom stereocenters. The molecule has 2 aromatic heterocycles. The minimum absolute atomic E-state index is 0.136. The lowest BCUT2D eigenvalue weighted by Gasteiger charge is -2.06. The number of methoxy groups -OCH3 is 1. The maximum Gasteiger partial charge on any atom is 0.292 e. The van der Waals surface area contributed by atoms with E-state index < -0.39 is 11.7 Å². The number of furan rings is 1. The summed E-state index contributed by atoms with van der Waals surface area (Å²) in [7, 11) is 1.60. The molecule has 0 saturated heterocycles. The standard InChI is InChI=1S/C24H21ClFN3O4/c1-15-11-23(28-29(15)13-16-3-4-17(26)12-21(16)25)27-24(30)22-10-9-20(33-22)14-32-19-7-5-18(31-2)6-8-19/h3-12H,13-14H2,1-2H3,(H,27,28,30). The highest BCUT2D eigenvalue weighted by atomic mass is 35.5. The van der Waals surface area contributed by atoms with Crippen molar-refractivity contribution in [3.05, 3.63) is 94.3 Å². The second-order valence-corrected chi connectivity index (χ2v) is 7.66. The summed E-state index contributed by atoms with van der Waals surface area (Å²) in [6.07, 6.45) is 0. The quantitative estimate of drug-likeness (QED) is 0.370. The van der Waals surface area contributed by atoms with Crippen LogP contribution in [0.2, 0.25) is 5.02 Å². The molecule has 0 bridgehead atoms. The Kier molecular flexibility index (Phi) is 6.65. The number of hydrogen-bond acceptors (Lipinski definition) is 5. The van der Waals surface area contributed by atoms with Crippen LogP contribution in [0, 0.1) is 12.7 Å². The maximum atomic E-state index is 13.3. The van der Waals surface area contributed by atoms with Crippen LogP contribution in [-0.2, 0) is 13.2 Å².